The van der Waals surface area contributed by atoms with Crippen LogP contribution in [0.15, 0.2) is 22.7 Å². The van der Waals surface area contributed by atoms with E-state index < -0.39 is 0 Å². The van der Waals surface area contributed by atoms with Crippen LogP contribution in [0.25, 0.3) is 0 Å². The number of halogens is 1. The van der Waals surface area contributed by atoms with Crippen molar-refractivity contribution >= 4 is 15.9 Å². The molecule has 0 saturated carbocycles. The van der Waals surface area contributed by atoms with Crippen molar-refractivity contribution in [1.82, 2.24) is 5.32 Å². The minimum Gasteiger partial charge on any atom is -0.330 e. The summed E-state index contributed by atoms with van der Waals surface area (Å²) in [6, 6.07) is 6.52. The molecule has 0 saturated heterocycles. The Morgan fingerprint density at radius 3 is 2.68 bits per heavy atom. The zero-order chi connectivity index (χ0) is 14.5. The lowest BCUT2D eigenvalue weighted by atomic mass is 9.82. The van der Waals surface area contributed by atoms with Crippen molar-refractivity contribution in [3.8, 4) is 0 Å². The zero-order valence-corrected chi connectivity index (χ0v) is 14.2. The predicted octanol–water partition coefficient (Wildman–Crippen LogP) is 3.61. The molecule has 19 heavy (non-hydrogen) atoms. The lowest BCUT2D eigenvalue weighted by Crippen LogP contribution is -2.36. The maximum atomic E-state index is 5.58. The molecule has 0 heterocycles. The van der Waals surface area contributed by atoms with Gasteiger partial charge in [-0.1, -0.05) is 42.8 Å². The van der Waals surface area contributed by atoms with E-state index in [0.29, 0.717) is 5.92 Å². The minimum atomic E-state index is 0.135. The molecule has 108 valence electrons. The third kappa shape index (κ3) is 5.25. The summed E-state index contributed by atoms with van der Waals surface area (Å²) in [5, 5.41) is 3.58. The summed E-state index contributed by atoms with van der Waals surface area (Å²) < 4.78 is 1.15. The van der Waals surface area contributed by atoms with Crippen LogP contribution < -0.4 is 11.1 Å². The van der Waals surface area contributed by atoms with Crippen molar-refractivity contribution in [3.05, 3.63) is 33.8 Å². The summed E-state index contributed by atoms with van der Waals surface area (Å²) in [6.45, 7) is 11.8. The van der Waals surface area contributed by atoms with E-state index in [1.165, 1.54) is 11.1 Å². The van der Waals surface area contributed by atoms with E-state index in [1.807, 2.05) is 0 Å². The van der Waals surface area contributed by atoms with Crippen molar-refractivity contribution in [2.75, 3.05) is 19.6 Å². The van der Waals surface area contributed by atoms with Gasteiger partial charge in [-0.2, -0.15) is 0 Å². The highest BCUT2D eigenvalue weighted by molar-refractivity contribution is 9.10. The van der Waals surface area contributed by atoms with E-state index >= 15 is 0 Å². The van der Waals surface area contributed by atoms with Gasteiger partial charge in [-0.25, -0.2) is 0 Å². The van der Waals surface area contributed by atoms with Crippen LogP contribution in [-0.4, -0.2) is 19.6 Å². The van der Waals surface area contributed by atoms with Crippen molar-refractivity contribution < 1.29 is 0 Å². The highest BCUT2D eigenvalue weighted by Crippen LogP contribution is 2.28. The maximum absolute atomic E-state index is 5.58. The van der Waals surface area contributed by atoms with E-state index in [2.05, 4.69) is 67.1 Å². The SMILES string of the molecule is Cc1ccc(Br)cc1C(C)(C)CNCC(C)CCN. The molecule has 1 aromatic carbocycles. The van der Waals surface area contributed by atoms with Crippen LogP contribution in [0.1, 0.15) is 38.3 Å². The second-order valence-corrected chi connectivity index (χ2v) is 7.07. The van der Waals surface area contributed by atoms with Gasteiger partial charge in [0.2, 0.25) is 0 Å². The number of aryl methyl sites for hydroxylation is 1. The molecule has 1 unspecified atom stereocenters. The first kappa shape index (κ1) is 16.7. The normalized spacial score (nSPS) is 13.6. The van der Waals surface area contributed by atoms with Crippen LogP contribution in [0.2, 0.25) is 0 Å². The molecule has 2 nitrogen and oxygen atoms in total. The lowest BCUT2D eigenvalue weighted by molar-refractivity contribution is 0.421. The first-order valence-electron chi connectivity index (χ1n) is 7.04. The van der Waals surface area contributed by atoms with Crippen molar-refractivity contribution in [2.24, 2.45) is 11.7 Å². The van der Waals surface area contributed by atoms with Gasteiger partial charge in [-0.05, 0) is 55.6 Å². The molecular formula is C16H27BrN2. The Morgan fingerprint density at radius 2 is 2.05 bits per heavy atom. The Hall–Kier alpha value is -0.380. The molecule has 1 rings (SSSR count). The molecule has 0 aliphatic carbocycles. The number of hydrogen-bond acceptors (Lipinski definition) is 2. The lowest BCUT2D eigenvalue weighted by Gasteiger charge is -2.28. The smallest absolute Gasteiger partial charge is 0.0178 e. The van der Waals surface area contributed by atoms with E-state index in [4.69, 9.17) is 5.73 Å². The fourth-order valence-corrected chi connectivity index (χ4v) is 2.80. The van der Waals surface area contributed by atoms with Crippen LogP contribution in [-0.2, 0) is 5.41 Å². The minimum absolute atomic E-state index is 0.135. The molecule has 3 heteroatoms. The predicted molar refractivity (Wildman–Crippen MR) is 87.6 cm³/mol. The Balaban J connectivity index is 2.62. The fourth-order valence-electron chi connectivity index (χ4n) is 2.44. The summed E-state index contributed by atoms with van der Waals surface area (Å²) >= 11 is 3.57. The quantitative estimate of drug-likeness (QED) is 0.803. The van der Waals surface area contributed by atoms with Crippen molar-refractivity contribution in [2.45, 2.75) is 39.5 Å². The summed E-state index contributed by atoms with van der Waals surface area (Å²) in [5.41, 5.74) is 8.47. The molecule has 1 atom stereocenters. The van der Waals surface area contributed by atoms with Crippen molar-refractivity contribution in [3.63, 3.8) is 0 Å². The van der Waals surface area contributed by atoms with Crippen LogP contribution >= 0.6 is 15.9 Å². The zero-order valence-electron chi connectivity index (χ0n) is 12.6. The second-order valence-electron chi connectivity index (χ2n) is 6.16. The number of benzene rings is 1. The van der Waals surface area contributed by atoms with Gasteiger partial charge in [0, 0.05) is 16.4 Å². The molecule has 0 aromatic heterocycles. The standard InChI is InChI=1S/C16H27BrN2/c1-12(7-8-18)10-19-11-16(3,4)15-9-14(17)6-5-13(15)2/h5-6,9,12,19H,7-8,10-11,18H2,1-4H3. The molecule has 0 bridgehead atoms. The number of nitrogens with two attached hydrogens (primary N) is 1. The molecule has 0 aliphatic rings. The average Bonchev–Trinajstić information content (AvgIpc) is 2.32. The third-order valence-corrected chi connectivity index (χ3v) is 4.14. The van der Waals surface area contributed by atoms with Gasteiger partial charge in [-0.3, -0.25) is 0 Å². The summed E-state index contributed by atoms with van der Waals surface area (Å²) in [7, 11) is 0. The highest BCUT2D eigenvalue weighted by atomic mass is 79.9. The highest BCUT2D eigenvalue weighted by Gasteiger charge is 2.22. The Morgan fingerprint density at radius 1 is 1.37 bits per heavy atom. The van der Waals surface area contributed by atoms with Crippen LogP contribution in [0.5, 0.6) is 0 Å². The first-order chi connectivity index (χ1) is 8.86. The Labute approximate surface area is 126 Å². The average molecular weight is 327 g/mol. The van der Waals surface area contributed by atoms with Crippen LogP contribution in [0, 0.1) is 12.8 Å². The van der Waals surface area contributed by atoms with E-state index in [1.54, 1.807) is 0 Å². The van der Waals surface area contributed by atoms with Crippen LogP contribution in [0.4, 0.5) is 0 Å². The fraction of sp³-hybridized carbons (Fsp3) is 0.625. The first-order valence-corrected chi connectivity index (χ1v) is 7.83. The van der Waals surface area contributed by atoms with E-state index in [0.717, 1.165) is 30.5 Å². The molecule has 0 radical (unpaired) electrons. The topological polar surface area (TPSA) is 38.0 Å². The molecule has 0 amide bonds. The summed E-state index contributed by atoms with van der Waals surface area (Å²) in [5.74, 6) is 0.643. The number of hydrogen-bond donors (Lipinski definition) is 2. The molecule has 0 fully saturated rings. The third-order valence-electron chi connectivity index (χ3n) is 3.65. The van der Waals surface area contributed by atoms with E-state index in [9.17, 15) is 0 Å². The summed E-state index contributed by atoms with van der Waals surface area (Å²) in [4.78, 5) is 0. The van der Waals surface area contributed by atoms with Gasteiger partial charge in [0.25, 0.3) is 0 Å². The monoisotopic (exact) mass is 326 g/mol. The molecular weight excluding hydrogens is 300 g/mol. The van der Waals surface area contributed by atoms with Gasteiger partial charge in [0.15, 0.2) is 0 Å². The van der Waals surface area contributed by atoms with Crippen LogP contribution in [0.3, 0.4) is 0 Å². The Bertz CT molecular complexity index is 402. The summed E-state index contributed by atoms with van der Waals surface area (Å²) in [6.07, 6.45) is 1.09. The molecule has 0 aliphatic heterocycles. The molecule has 3 N–H and O–H groups in total. The maximum Gasteiger partial charge on any atom is 0.0178 e. The molecule has 0 spiro atoms. The largest absolute Gasteiger partial charge is 0.330 e. The number of rotatable bonds is 7. The van der Waals surface area contributed by atoms with E-state index in [-0.39, 0.29) is 5.41 Å². The Kier molecular flexibility index (Phi) is 6.51. The van der Waals surface area contributed by atoms with Gasteiger partial charge >= 0.3 is 0 Å². The van der Waals surface area contributed by atoms with Gasteiger partial charge in [0.05, 0.1) is 0 Å². The second kappa shape index (κ2) is 7.41. The molecule has 1 aromatic rings. The van der Waals surface area contributed by atoms with Crippen molar-refractivity contribution in [1.29, 1.82) is 0 Å². The van der Waals surface area contributed by atoms with Gasteiger partial charge in [0.1, 0.15) is 0 Å². The van der Waals surface area contributed by atoms with Gasteiger partial charge < -0.3 is 11.1 Å². The number of nitrogens with one attached hydrogen (secondary N) is 1. The van der Waals surface area contributed by atoms with Gasteiger partial charge in [-0.15, -0.1) is 0 Å².